The Bertz CT molecular complexity index is 458. The van der Waals surface area contributed by atoms with E-state index in [1.54, 1.807) is 0 Å². The lowest BCUT2D eigenvalue weighted by Crippen LogP contribution is -2.47. The van der Waals surface area contributed by atoms with Gasteiger partial charge in [0.1, 0.15) is 6.04 Å². The topological polar surface area (TPSA) is 41.6 Å². The van der Waals surface area contributed by atoms with E-state index in [-0.39, 0.29) is 12.0 Å². The third kappa shape index (κ3) is 3.97. The van der Waals surface area contributed by atoms with Gasteiger partial charge in [0, 0.05) is 24.8 Å². The van der Waals surface area contributed by atoms with Crippen LogP contribution < -0.4 is 10.2 Å². The molecule has 1 aliphatic carbocycles. The van der Waals surface area contributed by atoms with Crippen molar-refractivity contribution >= 4 is 11.7 Å². The summed E-state index contributed by atoms with van der Waals surface area (Å²) in [5.74, 6) is -0.178. The van der Waals surface area contributed by atoms with E-state index in [2.05, 4.69) is 48.3 Å². The molecule has 0 saturated heterocycles. The number of hydrogen-bond acceptors (Lipinski definition) is 4. The van der Waals surface area contributed by atoms with Crippen molar-refractivity contribution in [3.63, 3.8) is 0 Å². The summed E-state index contributed by atoms with van der Waals surface area (Å²) in [4.78, 5) is 14.1. The Morgan fingerprint density at radius 1 is 1.50 bits per heavy atom. The summed E-state index contributed by atoms with van der Waals surface area (Å²) in [6.45, 7) is 5.69. The zero-order chi connectivity index (χ0) is 14.5. The third-order valence-corrected chi connectivity index (χ3v) is 3.65. The fraction of sp³-hybridized carbons (Fsp3) is 0.562. The Morgan fingerprint density at radius 3 is 2.80 bits per heavy atom. The molecular formula is C16H24N2O2. The van der Waals surface area contributed by atoms with E-state index in [1.165, 1.54) is 12.7 Å². The molecule has 1 unspecified atom stereocenters. The molecule has 0 aliphatic heterocycles. The number of carbonyl (C=O) groups excluding carboxylic acids is 1. The van der Waals surface area contributed by atoms with Gasteiger partial charge >= 0.3 is 5.97 Å². The molecule has 0 bridgehead atoms. The van der Waals surface area contributed by atoms with E-state index in [1.807, 2.05) is 0 Å². The van der Waals surface area contributed by atoms with Gasteiger partial charge in [0.05, 0.1) is 7.11 Å². The van der Waals surface area contributed by atoms with Crippen LogP contribution in [0.3, 0.4) is 0 Å². The lowest BCUT2D eigenvalue weighted by atomic mass is 10.2. The Hall–Kier alpha value is -1.55. The molecule has 1 aliphatic rings. The highest BCUT2D eigenvalue weighted by Crippen LogP contribution is 2.21. The number of nitrogens with one attached hydrogen (secondary N) is 1. The van der Waals surface area contributed by atoms with Crippen molar-refractivity contribution in [3.8, 4) is 0 Å². The van der Waals surface area contributed by atoms with Crippen LogP contribution in [0.1, 0.15) is 25.3 Å². The van der Waals surface area contributed by atoms with Gasteiger partial charge in [-0.3, -0.25) is 4.79 Å². The van der Waals surface area contributed by atoms with Crippen molar-refractivity contribution in [3.05, 3.63) is 29.8 Å². The zero-order valence-corrected chi connectivity index (χ0v) is 12.6. The Labute approximate surface area is 121 Å². The Kier molecular flexibility index (Phi) is 5.01. The van der Waals surface area contributed by atoms with Crippen molar-refractivity contribution in [1.29, 1.82) is 0 Å². The minimum absolute atomic E-state index is 0.178. The maximum Gasteiger partial charge on any atom is 0.324 e. The summed E-state index contributed by atoms with van der Waals surface area (Å²) >= 11 is 0. The van der Waals surface area contributed by atoms with E-state index in [0.717, 1.165) is 25.1 Å². The summed E-state index contributed by atoms with van der Waals surface area (Å²) in [7, 11) is 1.45. The number of hydrogen-bond donors (Lipinski definition) is 1. The molecule has 4 heteroatoms. The van der Waals surface area contributed by atoms with Crippen molar-refractivity contribution in [2.75, 3.05) is 25.1 Å². The molecular weight excluding hydrogens is 252 g/mol. The fourth-order valence-electron chi connectivity index (χ4n) is 2.33. The molecule has 0 aromatic heterocycles. The predicted octanol–water partition coefficient (Wildman–Crippen LogP) is 2.11. The van der Waals surface area contributed by atoms with E-state index in [4.69, 9.17) is 4.74 Å². The molecule has 1 aromatic rings. The SMILES string of the molecule is CCN(CC(NC1CC1)C(=O)OC)c1cccc(C)c1. The van der Waals surface area contributed by atoms with Gasteiger partial charge in [0.15, 0.2) is 0 Å². The fourth-order valence-corrected chi connectivity index (χ4v) is 2.33. The third-order valence-electron chi connectivity index (χ3n) is 3.65. The normalized spacial score (nSPS) is 15.8. The van der Waals surface area contributed by atoms with Crippen molar-refractivity contribution in [1.82, 2.24) is 5.32 Å². The van der Waals surface area contributed by atoms with Gasteiger partial charge in [-0.05, 0) is 44.4 Å². The highest BCUT2D eigenvalue weighted by atomic mass is 16.5. The predicted molar refractivity (Wildman–Crippen MR) is 81.0 cm³/mol. The van der Waals surface area contributed by atoms with Crippen LogP contribution in [0.25, 0.3) is 0 Å². The maximum atomic E-state index is 11.9. The van der Waals surface area contributed by atoms with Gasteiger partial charge in [0.2, 0.25) is 0 Å². The first-order chi connectivity index (χ1) is 9.63. The highest BCUT2D eigenvalue weighted by Gasteiger charge is 2.30. The van der Waals surface area contributed by atoms with Crippen LogP contribution in [-0.2, 0) is 9.53 Å². The second kappa shape index (κ2) is 6.75. The summed E-state index contributed by atoms with van der Waals surface area (Å²) in [5.41, 5.74) is 2.38. The van der Waals surface area contributed by atoms with Gasteiger partial charge in [-0.1, -0.05) is 12.1 Å². The summed E-state index contributed by atoms with van der Waals surface area (Å²) in [6.07, 6.45) is 2.31. The number of rotatable bonds is 7. The number of aryl methyl sites for hydroxylation is 1. The van der Waals surface area contributed by atoms with Crippen molar-refractivity contribution in [2.45, 2.75) is 38.8 Å². The van der Waals surface area contributed by atoms with Gasteiger partial charge in [-0.25, -0.2) is 0 Å². The molecule has 0 radical (unpaired) electrons. The monoisotopic (exact) mass is 276 g/mol. The number of carbonyl (C=O) groups is 1. The molecule has 0 amide bonds. The standard InChI is InChI=1S/C16H24N2O2/c1-4-18(14-7-5-6-12(2)10-14)11-15(16(19)20-3)17-13-8-9-13/h5-7,10,13,15,17H,4,8-9,11H2,1-3H3. The number of benzene rings is 1. The number of ether oxygens (including phenoxy) is 1. The summed E-state index contributed by atoms with van der Waals surface area (Å²) in [5, 5.41) is 3.37. The first kappa shape index (κ1) is 14.9. The number of likely N-dealkylation sites (N-methyl/N-ethyl adjacent to an activating group) is 1. The van der Waals surface area contributed by atoms with E-state index in [0.29, 0.717) is 12.6 Å². The Balaban J connectivity index is 2.07. The average Bonchev–Trinajstić information content (AvgIpc) is 3.26. The summed E-state index contributed by atoms with van der Waals surface area (Å²) < 4.78 is 4.92. The molecule has 20 heavy (non-hydrogen) atoms. The van der Waals surface area contributed by atoms with Crippen molar-refractivity contribution in [2.24, 2.45) is 0 Å². The molecule has 1 fully saturated rings. The molecule has 4 nitrogen and oxygen atoms in total. The molecule has 1 saturated carbocycles. The number of nitrogens with zero attached hydrogens (tertiary/aromatic N) is 1. The van der Waals surface area contributed by atoms with Gasteiger partial charge in [0.25, 0.3) is 0 Å². The lowest BCUT2D eigenvalue weighted by molar-refractivity contribution is -0.142. The second-order valence-electron chi connectivity index (χ2n) is 5.39. The highest BCUT2D eigenvalue weighted by molar-refractivity contribution is 5.76. The molecule has 1 aromatic carbocycles. The number of anilines is 1. The first-order valence-electron chi connectivity index (χ1n) is 7.29. The number of esters is 1. The molecule has 2 rings (SSSR count). The first-order valence-corrected chi connectivity index (χ1v) is 7.29. The van der Waals surface area contributed by atoms with Crippen LogP contribution >= 0.6 is 0 Å². The van der Waals surface area contributed by atoms with Crippen LogP contribution in [0.15, 0.2) is 24.3 Å². The molecule has 1 N–H and O–H groups in total. The van der Waals surface area contributed by atoms with Gasteiger partial charge in [-0.15, -0.1) is 0 Å². The van der Waals surface area contributed by atoms with Crippen LogP contribution in [0.2, 0.25) is 0 Å². The molecule has 0 heterocycles. The number of methoxy groups -OCH3 is 1. The van der Waals surface area contributed by atoms with Gasteiger partial charge in [-0.2, -0.15) is 0 Å². The summed E-state index contributed by atoms with van der Waals surface area (Å²) in [6, 6.07) is 8.59. The van der Waals surface area contributed by atoms with Crippen LogP contribution in [0.5, 0.6) is 0 Å². The van der Waals surface area contributed by atoms with E-state index >= 15 is 0 Å². The Morgan fingerprint density at radius 2 is 2.25 bits per heavy atom. The lowest BCUT2D eigenvalue weighted by Gasteiger charge is -2.28. The van der Waals surface area contributed by atoms with Crippen molar-refractivity contribution < 1.29 is 9.53 Å². The zero-order valence-electron chi connectivity index (χ0n) is 12.6. The molecule has 110 valence electrons. The average molecular weight is 276 g/mol. The van der Waals surface area contributed by atoms with E-state index in [9.17, 15) is 4.79 Å². The molecule has 0 spiro atoms. The van der Waals surface area contributed by atoms with Crippen LogP contribution in [0.4, 0.5) is 5.69 Å². The minimum atomic E-state index is -0.257. The van der Waals surface area contributed by atoms with Gasteiger partial charge < -0.3 is 15.0 Å². The molecule has 1 atom stereocenters. The van der Waals surface area contributed by atoms with Crippen LogP contribution in [-0.4, -0.2) is 38.3 Å². The second-order valence-corrected chi connectivity index (χ2v) is 5.39. The van der Waals surface area contributed by atoms with Crippen LogP contribution in [0, 0.1) is 6.92 Å². The quantitative estimate of drug-likeness (QED) is 0.775. The largest absolute Gasteiger partial charge is 0.468 e. The minimum Gasteiger partial charge on any atom is -0.468 e. The van der Waals surface area contributed by atoms with E-state index < -0.39 is 0 Å². The smallest absolute Gasteiger partial charge is 0.324 e. The maximum absolute atomic E-state index is 11.9.